The smallest absolute Gasteiger partial charge is 0.335 e. The molecule has 92 valence electrons. The van der Waals surface area contributed by atoms with Crippen molar-refractivity contribution >= 4 is 11.8 Å². The average molecular weight is 236 g/mol. The Kier molecular flexibility index (Phi) is 3.28. The molecule has 0 saturated heterocycles. The highest BCUT2D eigenvalue weighted by molar-refractivity contribution is 5.88. The van der Waals surface area contributed by atoms with Gasteiger partial charge in [0.15, 0.2) is 0 Å². The Morgan fingerprint density at radius 3 is 2.94 bits per heavy atom. The molecule has 1 saturated carbocycles. The summed E-state index contributed by atoms with van der Waals surface area (Å²) in [6.07, 6.45) is 4.74. The molecule has 5 heteroatoms. The lowest BCUT2D eigenvalue weighted by atomic mass is 9.80. The third-order valence-corrected chi connectivity index (χ3v) is 3.30. The van der Waals surface area contributed by atoms with Crippen LogP contribution in [-0.2, 0) is 4.74 Å². The van der Waals surface area contributed by atoms with Crippen LogP contribution in [0, 0.1) is 0 Å². The van der Waals surface area contributed by atoms with Gasteiger partial charge < -0.3 is 15.2 Å². The van der Waals surface area contributed by atoms with Gasteiger partial charge in [-0.1, -0.05) is 0 Å². The van der Waals surface area contributed by atoms with Gasteiger partial charge in [0.1, 0.15) is 5.82 Å². The fourth-order valence-corrected chi connectivity index (χ4v) is 1.94. The second-order valence-corrected chi connectivity index (χ2v) is 4.33. The van der Waals surface area contributed by atoms with Crippen LogP contribution in [0.3, 0.4) is 0 Å². The van der Waals surface area contributed by atoms with Crippen molar-refractivity contribution < 1.29 is 14.6 Å². The second-order valence-electron chi connectivity index (χ2n) is 4.33. The summed E-state index contributed by atoms with van der Waals surface area (Å²) in [6, 6.07) is 3.01. The molecule has 1 aliphatic carbocycles. The number of pyridine rings is 1. The predicted octanol–water partition coefficient (Wildman–Crippen LogP) is 1.76. The number of nitrogens with zero attached hydrogens (tertiary/aromatic N) is 1. The number of ether oxygens (including phenoxy) is 1. The molecule has 0 bridgehead atoms. The highest BCUT2D eigenvalue weighted by Gasteiger charge is 2.36. The molecule has 0 unspecified atom stereocenters. The average Bonchev–Trinajstić information content (AvgIpc) is 2.28. The number of carboxylic acid groups (broad SMARTS) is 1. The number of methoxy groups -OCH3 is 1. The van der Waals surface area contributed by atoms with Gasteiger partial charge in [0.05, 0.1) is 11.2 Å². The number of hydrogen-bond donors (Lipinski definition) is 2. The molecule has 1 heterocycles. The Balaban J connectivity index is 1.99. The summed E-state index contributed by atoms with van der Waals surface area (Å²) in [6.45, 7) is 0.666. The van der Waals surface area contributed by atoms with Crippen LogP contribution < -0.4 is 5.32 Å². The van der Waals surface area contributed by atoms with Crippen LogP contribution in [0.1, 0.15) is 29.6 Å². The van der Waals surface area contributed by atoms with Gasteiger partial charge in [-0.3, -0.25) is 0 Å². The van der Waals surface area contributed by atoms with Crippen molar-refractivity contribution in [1.29, 1.82) is 0 Å². The minimum atomic E-state index is -0.944. The van der Waals surface area contributed by atoms with Crippen LogP contribution in [0.5, 0.6) is 0 Å². The molecule has 0 spiro atoms. The summed E-state index contributed by atoms with van der Waals surface area (Å²) >= 11 is 0. The van der Waals surface area contributed by atoms with Gasteiger partial charge in [0.2, 0.25) is 0 Å². The van der Waals surface area contributed by atoms with E-state index in [1.807, 2.05) is 0 Å². The van der Waals surface area contributed by atoms with Crippen molar-refractivity contribution in [3.05, 3.63) is 23.9 Å². The zero-order valence-corrected chi connectivity index (χ0v) is 9.77. The molecule has 5 nitrogen and oxygen atoms in total. The Bertz CT molecular complexity index is 410. The summed E-state index contributed by atoms with van der Waals surface area (Å²) in [5.74, 6) is -0.367. The van der Waals surface area contributed by atoms with Crippen LogP contribution in [0.4, 0.5) is 5.82 Å². The molecule has 1 aromatic rings. The number of nitrogens with one attached hydrogen (secondary N) is 1. The molecule has 17 heavy (non-hydrogen) atoms. The van der Waals surface area contributed by atoms with Crippen LogP contribution >= 0.6 is 0 Å². The molecule has 2 N–H and O–H groups in total. The van der Waals surface area contributed by atoms with Gasteiger partial charge in [-0.25, -0.2) is 9.78 Å². The second kappa shape index (κ2) is 4.71. The molecular weight excluding hydrogens is 220 g/mol. The quantitative estimate of drug-likeness (QED) is 0.815. The van der Waals surface area contributed by atoms with Crippen LogP contribution in [0.25, 0.3) is 0 Å². The lowest BCUT2D eigenvalue weighted by Gasteiger charge is -2.40. The van der Waals surface area contributed by atoms with Crippen molar-refractivity contribution in [2.75, 3.05) is 19.0 Å². The normalized spacial score (nSPS) is 17.2. The Labute approximate surface area is 99.8 Å². The number of rotatable bonds is 5. The van der Waals surface area contributed by atoms with E-state index >= 15 is 0 Å². The number of carboxylic acids is 1. The van der Waals surface area contributed by atoms with E-state index in [4.69, 9.17) is 9.84 Å². The number of anilines is 1. The SMILES string of the molecule is COC1(CNc2cc(C(=O)O)ccn2)CCC1. The summed E-state index contributed by atoms with van der Waals surface area (Å²) in [5, 5.41) is 12.0. The Morgan fingerprint density at radius 1 is 1.65 bits per heavy atom. The highest BCUT2D eigenvalue weighted by atomic mass is 16.5. The van der Waals surface area contributed by atoms with Gasteiger partial charge in [0, 0.05) is 19.9 Å². The first-order valence-electron chi connectivity index (χ1n) is 5.64. The third kappa shape index (κ3) is 2.55. The first-order chi connectivity index (χ1) is 8.15. The Hall–Kier alpha value is -1.62. The van der Waals surface area contributed by atoms with Crippen molar-refractivity contribution in [2.24, 2.45) is 0 Å². The molecule has 0 aromatic carbocycles. The first-order valence-corrected chi connectivity index (χ1v) is 5.64. The van der Waals surface area contributed by atoms with E-state index in [0.717, 1.165) is 12.8 Å². The zero-order chi connectivity index (χ0) is 12.3. The van der Waals surface area contributed by atoms with E-state index in [9.17, 15) is 4.79 Å². The number of aromatic carboxylic acids is 1. The summed E-state index contributed by atoms with van der Waals surface area (Å²) < 4.78 is 5.47. The molecule has 0 amide bonds. The van der Waals surface area contributed by atoms with Crippen LogP contribution in [-0.4, -0.2) is 35.3 Å². The molecule has 0 atom stereocenters. The summed E-state index contributed by atoms with van der Waals surface area (Å²) in [7, 11) is 1.71. The largest absolute Gasteiger partial charge is 0.478 e. The highest BCUT2D eigenvalue weighted by Crippen LogP contribution is 2.34. The van der Waals surface area contributed by atoms with E-state index in [0.29, 0.717) is 12.4 Å². The maximum atomic E-state index is 10.8. The molecule has 1 aliphatic rings. The standard InChI is InChI=1S/C12H16N2O3/c1-17-12(4-2-5-12)8-14-10-7-9(11(15)16)3-6-13-10/h3,6-7H,2,4-5,8H2,1H3,(H,13,14)(H,15,16). The van der Waals surface area contributed by atoms with E-state index in [1.165, 1.54) is 24.8 Å². The van der Waals surface area contributed by atoms with Gasteiger partial charge >= 0.3 is 5.97 Å². The van der Waals surface area contributed by atoms with Gasteiger partial charge in [-0.15, -0.1) is 0 Å². The van der Waals surface area contributed by atoms with E-state index in [1.54, 1.807) is 7.11 Å². The van der Waals surface area contributed by atoms with Crippen molar-refractivity contribution in [1.82, 2.24) is 4.98 Å². The zero-order valence-electron chi connectivity index (χ0n) is 9.77. The summed E-state index contributed by atoms with van der Waals surface area (Å²) in [5.41, 5.74) is 0.142. The minimum Gasteiger partial charge on any atom is -0.478 e. The molecule has 1 aromatic heterocycles. The summed E-state index contributed by atoms with van der Waals surface area (Å²) in [4.78, 5) is 14.9. The Morgan fingerprint density at radius 2 is 2.41 bits per heavy atom. The van der Waals surface area contributed by atoms with Crippen LogP contribution in [0.2, 0.25) is 0 Å². The fourth-order valence-electron chi connectivity index (χ4n) is 1.94. The molecule has 0 aliphatic heterocycles. The number of carbonyl (C=O) groups is 1. The molecule has 2 rings (SSSR count). The minimum absolute atomic E-state index is 0.0963. The van der Waals surface area contributed by atoms with Crippen molar-refractivity contribution in [3.63, 3.8) is 0 Å². The maximum absolute atomic E-state index is 10.8. The molecular formula is C12H16N2O3. The monoisotopic (exact) mass is 236 g/mol. The van der Waals surface area contributed by atoms with Crippen molar-refractivity contribution in [2.45, 2.75) is 24.9 Å². The van der Waals surface area contributed by atoms with E-state index in [2.05, 4.69) is 10.3 Å². The number of aromatic nitrogens is 1. The van der Waals surface area contributed by atoms with Crippen LogP contribution in [0.15, 0.2) is 18.3 Å². The third-order valence-electron chi connectivity index (χ3n) is 3.30. The van der Waals surface area contributed by atoms with Crippen molar-refractivity contribution in [3.8, 4) is 0 Å². The molecule has 1 fully saturated rings. The number of hydrogen-bond acceptors (Lipinski definition) is 4. The fraction of sp³-hybridized carbons (Fsp3) is 0.500. The van der Waals surface area contributed by atoms with Gasteiger partial charge in [0.25, 0.3) is 0 Å². The topological polar surface area (TPSA) is 71.5 Å². The molecule has 0 radical (unpaired) electrons. The maximum Gasteiger partial charge on any atom is 0.335 e. The van der Waals surface area contributed by atoms with E-state index < -0.39 is 5.97 Å². The van der Waals surface area contributed by atoms with E-state index in [-0.39, 0.29) is 11.2 Å². The van der Waals surface area contributed by atoms with Gasteiger partial charge in [-0.2, -0.15) is 0 Å². The van der Waals surface area contributed by atoms with Gasteiger partial charge in [-0.05, 0) is 31.4 Å². The first kappa shape index (κ1) is 11.9. The lowest BCUT2D eigenvalue weighted by Crippen LogP contribution is -2.45. The lowest BCUT2D eigenvalue weighted by molar-refractivity contribution is -0.0601. The predicted molar refractivity (Wildman–Crippen MR) is 63.3 cm³/mol.